The summed E-state index contributed by atoms with van der Waals surface area (Å²) in [4.78, 5) is 26.2. The molecule has 5 nitrogen and oxygen atoms in total. The second-order valence-corrected chi connectivity index (χ2v) is 14.7. The Labute approximate surface area is 210 Å². The second-order valence-electron chi connectivity index (χ2n) is 14.7. The zero-order valence-electron chi connectivity index (χ0n) is 22.6. The fourth-order valence-corrected chi connectivity index (χ4v) is 10.4. The molecule has 0 bridgehead atoms. The monoisotopic (exact) mass is 486 g/mol. The van der Waals surface area contributed by atoms with Crippen LogP contribution < -0.4 is 0 Å². The minimum Gasteiger partial charge on any atom is -0.481 e. The minimum absolute atomic E-state index is 0.00288. The topological polar surface area (TPSA) is 94.8 Å². The molecule has 10 atom stereocenters. The SMILES string of the molecule is C[C@@]1(C(=O)O)CC[C@]2(C)C(=O)C[C@]3(C)C(=CC[C@@H]4[C@]5(C)CC[C@@H](O)[C@](C)(CO)[C@H]5CC[C@]43C)[C@H]2C1. The molecule has 5 aliphatic carbocycles. The van der Waals surface area contributed by atoms with E-state index in [0.29, 0.717) is 43.8 Å². The van der Waals surface area contributed by atoms with Crippen LogP contribution in [0.3, 0.4) is 0 Å². The fraction of sp³-hybridized carbons (Fsp3) is 0.867. The maximum atomic E-state index is 13.9. The quantitative estimate of drug-likeness (QED) is 0.455. The first-order valence-corrected chi connectivity index (χ1v) is 13.9. The Kier molecular flexibility index (Phi) is 5.40. The van der Waals surface area contributed by atoms with Gasteiger partial charge in [-0.05, 0) is 86.9 Å². The highest BCUT2D eigenvalue weighted by atomic mass is 16.4. The lowest BCUT2D eigenvalue weighted by Crippen LogP contribution is -2.66. The van der Waals surface area contributed by atoms with Gasteiger partial charge < -0.3 is 15.3 Å². The van der Waals surface area contributed by atoms with Crippen LogP contribution in [-0.4, -0.2) is 39.8 Å². The van der Waals surface area contributed by atoms with Crippen molar-refractivity contribution in [3.05, 3.63) is 11.6 Å². The summed E-state index contributed by atoms with van der Waals surface area (Å²) in [7, 11) is 0. The Morgan fingerprint density at radius 2 is 1.69 bits per heavy atom. The molecule has 0 aromatic heterocycles. The molecular weight excluding hydrogens is 440 g/mol. The maximum absolute atomic E-state index is 13.9. The molecule has 5 aliphatic rings. The van der Waals surface area contributed by atoms with Crippen LogP contribution in [0.2, 0.25) is 0 Å². The first-order valence-electron chi connectivity index (χ1n) is 13.9. The summed E-state index contributed by atoms with van der Waals surface area (Å²) in [6.07, 6.45) is 8.76. The van der Waals surface area contributed by atoms with E-state index in [4.69, 9.17) is 0 Å². The van der Waals surface area contributed by atoms with E-state index in [1.165, 1.54) is 5.57 Å². The number of aliphatic carboxylic acids is 1. The summed E-state index contributed by atoms with van der Waals surface area (Å²) in [6, 6.07) is 0. The van der Waals surface area contributed by atoms with Gasteiger partial charge in [0.1, 0.15) is 5.78 Å². The first kappa shape index (κ1) is 25.4. The van der Waals surface area contributed by atoms with Crippen molar-refractivity contribution >= 4 is 11.8 Å². The highest BCUT2D eigenvalue weighted by Gasteiger charge is 2.70. The lowest BCUT2D eigenvalue weighted by molar-refractivity contribution is -0.214. The second kappa shape index (κ2) is 7.43. The third-order valence-electron chi connectivity index (χ3n) is 13.3. The summed E-state index contributed by atoms with van der Waals surface area (Å²) < 4.78 is 0. The molecule has 0 amide bonds. The van der Waals surface area contributed by atoms with Crippen LogP contribution in [0.25, 0.3) is 0 Å². The summed E-state index contributed by atoms with van der Waals surface area (Å²) in [6.45, 7) is 13.1. The number of allylic oxidation sites excluding steroid dienone is 2. The molecule has 196 valence electrons. The third kappa shape index (κ3) is 2.94. The Morgan fingerprint density at radius 1 is 1.00 bits per heavy atom. The molecule has 3 N–H and O–H groups in total. The third-order valence-corrected chi connectivity index (χ3v) is 13.3. The van der Waals surface area contributed by atoms with Gasteiger partial charge in [-0.3, -0.25) is 9.59 Å². The highest BCUT2D eigenvalue weighted by molar-refractivity contribution is 5.89. The number of hydrogen-bond acceptors (Lipinski definition) is 4. The Hall–Kier alpha value is -1.20. The van der Waals surface area contributed by atoms with Gasteiger partial charge in [0.2, 0.25) is 0 Å². The van der Waals surface area contributed by atoms with Gasteiger partial charge in [-0.2, -0.15) is 0 Å². The molecule has 5 heteroatoms. The number of Topliss-reactive ketones (excluding diaryl/α,β-unsaturated/α-hetero) is 1. The number of hydrogen-bond donors (Lipinski definition) is 3. The van der Waals surface area contributed by atoms with E-state index in [2.05, 4.69) is 40.7 Å². The minimum atomic E-state index is -0.784. The number of fused-ring (bicyclic) bond motifs is 7. The predicted octanol–water partition coefficient (Wildman–Crippen LogP) is 5.39. The van der Waals surface area contributed by atoms with Crippen molar-refractivity contribution in [2.75, 3.05) is 6.61 Å². The lowest BCUT2D eigenvalue weighted by Gasteiger charge is -2.71. The maximum Gasteiger partial charge on any atom is 0.309 e. The zero-order valence-corrected chi connectivity index (χ0v) is 22.6. The summed E-state index contributed by atoms with van der Waals surface area (Å²) in [5, 5.41) is 31.3. The number of carbonyl (C=O) groups excluding carboxylic acids is 1. The summed E-state index contributed by atoms with van der Waals surface area (Å²) in [5.41, 5.74) is -0.758. The van der Waals surface area contributed by atoms with Gasteiger partial charge in [0.25, 0.3) is 0 Å². The Balaban J connectivity index is 1.60. The van der Waals surface area contributed by atoms with E-state index in [0.717, 1.165) is 25.7 Å². The van der Waals surface area contributed by atoms with Crippen molar-refractivity contribution in [2.45, 2.75) is 105 Å². The molecule has 0 unspecified atom stereocenters. The standard InChI is InChI=1S/C30H46O5/c1-25(24(34)35)13-14-26(2)19(15-25)18-7-8-21-27(3)11-10-22(32)28(4,17-31)20(27)9-12-29(21,5)30(18,6)16-23(26)33/h7,19-22,31-32H,8-17H2,1-6H3,(H,34,35)/t19-,20+,21-,22-,25-,26+,27-,28-,29-,30-/m1/s1. The fourth-order valence-electron chi connectivity index (χ4n) is 10.4. The van der Waals surface area contributed by atoms with E-state index >= 15 is 0 Å². The summed E-state index contributed by atoms with van der Waals surface area (Å²) in [5.74, 6) is 0.185. The van der Waals surface area contributed by atoms with Crippen LogP contribution in [-0.2, 0) is 9.59 Å². The zero-order chi connectivity index (χ0) is 25.8. The van der Waals surface area contributed by atoms with Gasteiger partial charge in [-0.25, -0.2) is 0 Å². The number of rotatable bonds is 2. The van der Waals surface area contributed by atoms with E-state index in [9.17, 15) is 24.9 Å². The van der Waals surface area contributed by atoms with Gasteiger partial charge in [-0.15, -0.1) is 0 Å². The molecule has 0 aliphatic heterocycles. The van der Waals surface area contributed by atoms with Gasteiger partial charge in [0.15, 0.2) is 0 Å². The smallest absolute Gasteiger partial charge is 0.309 e. The predicted molar refractivity (Wildman–Crippen MR) is 134 cm³/mol. The molecule has 0 aromatic rings. The highest BCUT2D eigenvalue weighted by Crippen LogP contribution is 2.75. The molecule has 0 spiro atoms. The van der Waals surface area contributed by atoms with Crippen molar-refractivity contribution < 1.29 is 24.9 Å². The Bertz CT molecular complexity index is 987. The number of aliphatic hydroxyl groups is 2. The van der Waals surface area contributed by atoms with E-state index in [1.54, 1.807) is 0 Å². The molecule has 0 aromatic carbocycles. The Morgan fingerprint density at radius 3 is 2.31 bits per heavy atom. The molecule has 0 radical (unpaired) electrons. The number of carboxylic acids is 1. The van der Waals surface area contributed by atoms with Crippen molar-refractivity contribution in [1.29, 1.82) is 0 Å². The van der Waals surface area contributed by atoms with Crippen LogP contribution in [0.5, 0.6) is 0 Å². The van der Waals surface area contributed by atoms with Crippen LogP contribution in [0.4, 0.5) is 0 Å². The molecular formula is C30H46O5. The molecule has 0 saturated heterocycles. The number of ketones is 1. The summed E-state index contributed by atoms with van der Waals surface area (Å²) >= 11 is 0. The van der Waals surface area contributed by atoms with Gasteiger partial charge in [-0.1, -0.05) is 46.3 Å². The molecule has 0 heterocycles. The average Bonchev–Trinajstić information content (AvgIpc) is 2.79. The van der Waals surface area contributed by atoms with Crippen LogP contribution in [0.15, 0.2) is 11.6 Å². The van der Waals surface area contributed by atoms with E-state index in [1.807, 2.05) is 6.92 Å². The normalized spacial score (nSPS) is 55.7. The molecule has 4 fully saturated rings. The van der Waals surface area contributed by atoms with Gasteiger partial charge >= 0.3 is 5.97 Å². The van der Waals surface area contributed by atoms with Crippen molar-refractivity contribution in [3.63, 3.8) is 0 Å². The van der Waals surface area contributed by atoms with Gasteiger partial charge in [0.05, 0.1) is 18.1 Å². The van der Waals surface area contributed by atoms with Crippen molar-refractivity contribution in [3.8, 4) is 0 Å². The largest absolute Gasteiger partial charge is 0.481 e. The number of aliphatic hydroxyl groups excluding tert-OH is 2. The number of carboxylic acid groups (broad SMARTS) is 1. The van der Waals surface area contributed by atoms with Gasteiger partial charge in [0, 0.05) is 22.7 Å². The van der Waals surface area contributed by atoms with Crippen molar-refractivity contribution in [1.82, 2.24) is 0 Å². The molecule has 35 heavy (non-hydrogen) atoms. The first-order chi connectivity index (χ1) is 16.1. The molecule has 4 saturated carbocycles. The van der Waals surface area contributed by atoms with E-state index in [-0.39, 0.29) is 34.7 Å². The van der Waals surface area contributed by atoms with Crippen LogP contribution in [0.1, 0.15) is 99.3 Å². The van der Waals surface area contributed by atoms with Crippen LogP contribution in [0, 0.1) is 50.2 Å². The van der Waals surface area contributed by atoms with Crippen molar-refractivity contribution in [2.24, 2.45) is 50.2 Å². The molecule has 5 rings (SSSR count). The lowest BCUT2D eigenvalue weighted by atomic mass is 9.33. The average molecular weight is 487 g/mol. The van der Waals surface area contributed by atoms with Crippen LogP contribution >= 0.6 is 0 Å². The number of carbonyl (C=O) groups is 2. The van der Waals surface area contributed by atoms with E-state index < -0.39 is 28.3 Å².